The minimum Gasteiger partial charge on any atom is -0.350 e. The second kappa shape index (κ2) is 9.12. The first-order chi connectivity index (χ1) is 15.3. The van der Waals surface area contributed by atoms with Crippen LogP contribution in [-0.2, 0) is 4.79 Å². The fourth-order valence-electron chi connectivity index (χ4n) is 4.22. The van der Waals surface area contributed by atoms with Crippen LogP contribution in [0, 0.1) is 6.92 Å². The first-order valence-corrected chi connectivity index (χ1v) is 11.2. The molecular formula is C23H32N8O. The zero-order valence-corrected chi connectivity index (χ0v) is 19.1. The molecule has 2 atom stereocenters. The number of imidazole rings is 1. The largest absolute Gasteiger partial charge is 0.350 e. The first-order valence-electron chi connectivity index (χ1n) is 11.2. The number of carbonyl (C=O) groups excluding carboxylic acids is 1. The van der Waals surface area contributed by atoms with Crippen molar-refractivity contribution in [1.29, 1.82) is 0 Å². The van der Waals surface area contributed by atoms with E-state index >= 15 is 0 Å². The smallest absolute Gasteiger partial charge is 0.227 e. The van der Waals surface area contributed by atoms with Gasteiger partial charge in [0.2, 0.25) is 11.9 Å². The highest BCUT2D eigenvalue weighted by atomic mass is 16.1. The number of benzene rings is 1. The van der Waals surface area contributed by atoms with Crippen LogP contribution in [0.1, 0.15) is 58.1 Å². The van der Waals surface area contributed by atoms with E-state index in [0.29, 0.717) is 17.3 Å². The predicted molar refractivity (Wildman–Crippen MR) is 128 cm³/mol. The number of aryl methyl sites for hydroxylation is 1. The van der Waals surface area contributed by atoms with Gasteiger partial charge in [0.15, 0.2) is 17.0 Å². The number of anilines is 4. The van der Waals surface area contributed by atoms with Gasteiger partial charge >= 0.3 is 0 Å². The fourth-order valence-corrected chi connectivity index (χ4v) is 4.22. The minimum absolute atomic E-state index is 0.0893. The second-order valence-electron chi connectivity index (χ2n) is 8.91. The third kappa shape index (κ3) is 4.83. The quantitative estimate of drug-likeness (QED) is 0.459. The van der Waals surface area contributed by atoms with Gasteiger partial charge in [0, 0.05) is 36.4 Å². The molecule has 2 heterocycles. The van der Waals surface area contributed by atoms with Gasteiger partial charge < -0.3 is 26.3 Å². The zero-order chi connectivity index (χ0) is 22.8. The molecule has 5 N–H and O–H groups in total. The fraction of sp³-hybridized carbons (Fsp3) is 0.478. The van der Waals surface area contributed by atoms with Crippen molar-refractivity contribution >= 4 is 40.2 Å². The molecule has 4 rings (SSSR count). The maximum atomic E-state index is 11.5. The van der Waals surface area contributed by atoms with Crippen molar-refractivity contribution in [2.75, 3.05) is 16.0 Å². The Kier molecular flexibility index (Phi) is 6.27. The van der Waals surface area contributed by atoms with E-state index in [1.807, 2.05) is 29.7 Å². The summed E-state index contributed by atoms with van der Waals surface area (Å²) in [5.74, 6) is 1.04. The Labute approximate surface area is 188 Å². The van der Waals surface area contributed by atoms with Gasteiger partial charge in [-0.05, 0) is 57.4 Å². The molecule has 1 amide bonds. The Morgan fingerprint density at radius 2 is 1.91 bits per heavy atom. The van der Waals surface area contributed by atoms with Gasteiger partial charge in [-0.25, -0.2) is 4.98 Å². The summed E-state index contributed by atoms with van der Waals surface area (Å²) >= 11 is 0. The van der Waals surface area contributed by atoms with Crippen molar-refractivity contribution in [3.8, 4) is 0 Å². The number of hydrogen-bond donors (Lipinski definition) is 4. The zero-order valence-electron chi connectivity index (χ0n) is 19.1. The maximum absolute atomic E-state index is 11.5. The molecule has 0 radical (unpaired) electrons. The third-order valence-corrected chi connectivity index (χ3v) is 5.77. The Bertz CT molecular complexity index is 1120. The van der Waals surface area contributed by atoms with Gasteiger partial charge in [0.25, 0.3) is 0 Å². The maximum Gasteiger partial charge on any atom is 0.227 e. The summed E-state index contributed by atoms with van der Waals surface area (Å²) in [5.41, 5.74) is 10.4. The van der Waals surface area contributed by atoms with E-state index in [1.165, 1.54) is 6.92 Å². The summed E-state index contributed by atoms with van der Waals surface area (Å²) in [7, 11) is 0. The average Bonchev–Trinajstić information content (AvgIpc) is 3.13. The van der Waals surface area contributed by atoms with E-state index < -0.39 is 0 Å². The monoisotopic (exact) mass is 436 g/mol. The van der Waals surface area contributed by atoms with Crippen LogP contribution in [0.25, 0.3) is 11.2 Å². The Balaban J connectivity index is 1.73. The molecule has 9 nitrogen and oxygen atoms in total. The third-order valence-electron chi connectivity index (χ3n) is 5.77. The van der Waals surface area contributed by atoms with Crippen LogP contribution in [0.15, 0.2) is 24.5 Å². The lowest BCUT2D eigenvalue weighted by Gasteiger charge is -2.29. The first kappa shape index (κ1) is 22.0. The van der Waals surface area contributed by atoms with Crippen LogP contribution in [-0.4, -0.2) is 37.5 Å². The molecule has 0 saturated heterocycles. The van der Waals surface area contributed by atoms with Crippen molar-refractivity contribution in [3.05, 3.63) is 30.1 Å². The second-order valence-corrected chi connectivity index (χ2v) is 8.91. The Morgan fingerprint density at radius 1 is 1.16 bits per heavy atom. The van der Waals surface area contributed by atoms with Crippen LogP contribution < -0.4 is 21.7 Å². The van der Waals surface area contributed by atoms with Gasteiger partial charge in [-0.1, -0.05) is 12.8 Å². The highest BCUT2D eigenvalue weighted by molar-refractivity contribution is 5.90. The van der Waals surface area contributed by atoms with Crippen molar-refractivity contribution in [3.63, 3.8) is 0 Å². The molecule has 0 bridgehead atoms. The van der Waals surface area contributed by atoms with Crippen LogP contribution in [0.5, 0.6) is 0 Å². The van der Waals surface area contributed by atoms with E-state index in [4.69, 9.17) is 15.7 Å². The van der Waals surface area contributed by atoms with Gasteiger partial charge in [0.05, 0.1) is 6.33 Å². The number of hydrogen-bond acceptors (Lipinski definition) is 7. The number of nitrogens with one attached hydrogen (secondary N) is 3. The highest BCUT2D eigenvalue weighted by Crippen LogP contribution is 2.29. The Hall–Kier alpha value is -3.20. The number of amides is 1. The molecule has 0 aliphatic heterocycles. The topological polar surface area (TPSA) is 123 Å². The van der Waals surface area contributed by atoms with Crippen molar-refractivity contribution in [1.82, 2.24) is 19.5 Å². The molecule has 1 aromatic carbocycles. The van der Waals surface area contributed by atoms with Crippen LogP contribution in [0.3, 0.4) is 0 Å². The lowest BCUT2D eigenvalue weighted by Crippen LogP contribution is -2.43. The summed E-state index contributed by atoms with van der Waals surface area (Å²) < 4.78 is 2.03. The highest BCUT2D eigenvalue weighted by Gasteiger charge is 2.24. The number of nitrogens with zero attached hydrogens (tertiary/aromatic N) is 4. The lowest BCUT2D eigenvalue weighted by atomic mass is 9.91. The van der Waals surface area contributed by atoms with E-state index in [-0.39, 0.29) is 24.0 Å². The van der Waals surface area contributed by atoms with E-state index in [9.17, 15) is 4.79 Å². The number of nitrogens with two attached hydrogens (primary N) is 1. The molecule has 170 valence electrons. The number of fused-ring (bicyclic) bond motifs is 1. The average molecular weight is 437 g/mol. The summed E-state index contributed by atoms with van der Waals surface area (Å²) in [4.78, 5) is 25.7. The van der Waals surface area contributed by atoms with E-state index in [1.54, 1.807) is 6.33 Å². The molecule has 1 aliphatic rings. The number of carbonyl (C=O) groups is 1. The molecular weight excluding hydrogens is 404 g/mol. The normalized spacial score (nSPS) is 18.7. The molecule has 1 aliphatic carbocycles. The molecule has 1 saturated carbocycles. The molecule has 0 spiro atoms. The minimum atomic E-state index is -0.114. The molecule has 0 unspecified atom stereocenters. The molecule has 1 fully saturated rings. The molecule has 3 aromatic rings. The SMILES string of the molecule is CC(=O)Nc1cc(C)cc(Nc2nc(N[C@@H]3CCCC[C@@H]3N)nc3c2ncn3C(C)C)c1. The summed E-state index contributed by atoms with van der Waals surface area (Å²) in [6.45, 7) is 7.67. The number of aromatic nitrogens is 4. The van der Waals surface area contributed by atoms with Gasteiger partial charge in [-0.3, -0.25) is 4.79 Å². The van der Waals surface area contributed by atoms with Crippen molar-refractivity contribution in [2.24, 2.45) is 5.73 Å². The van der Waals surface area contributed by atoms with Gasteiger partial charge in [0.1, 0.15) is 0 Å². The van der Waals surface area contributed by atoms with Crippen molar-refractivity contribution < 1.29 is 4.79 Å². The van der Waals surface area contributed by atoms with Gasteiger partial charge in [-0.15, -0.1) is 0 Å². The lowest BCUT2D eigenvalue weighted by molar-refractivity contribution is -0.114. The van der Waals surface area contributed by atoms with Crippen LogP contribution in [0.4, 0.5) is 23.1 Å². The van der Waals surface area contributed by atoms with Gasteiger partial charge in [-0.2, -0.15) is 9.97 Å². The summed E-state index contributed by atoms with van der Waals surface area (Å²) in [6.07, 6.45) is 6.12. The molecule has 32 heavy (non-hydrogen) atoms. The van der Waals surface area contributed by atoms with Crippen LogP contribution in [0.2, 0.25) is 0 Å². The molecule has 9 heteroatoms. The predicted octanol–water partition coefficient (Wildman–Crippen LogP) is 4.10. The van der Waals surface area contributed by atoms with E-state index in [2.05, 4.69) is 34.8 Å². The summed E-state index contributed by atoms with van der Waals surface area (Å²) in [6, 6.07) is 6.25. The standard InChI is InChI=1S/C23H32N8O/c1-13(2)31-12-25-20-21(27-17-10-14(3)9-16(11-17)26-15(4)32)29-23(30-22(20)31)28-19-8-6-5-7-18(19)24/h9-13,18-19H,5-8,24H2,1-4H3,(H,26,32)(H2,27,28,29,30)/t18-,19+/m0/s1. The van der Waals surface area contributed by atoms with Crippen molar-refractivity contribution in [2.45, 2.75) is 71.5 Å². The number of rotatable bonds is 6. The molecule has 2 aromatic heterocycles. The summed E-state index contributed by atoms with van der Waals surface area (Å²) in [5, 5.41) is 9.70. The van der Waals surface area contributed by atoms with Crippen LogP contribution >= 0.6 is 0 Å². The van der Waals surface area contributed by atoms with E-state index in [0.717, 1.165) is 48.3 Å². The Morgan fingerprint density at radius 3 is 2.62 bits per heavy atom.